The average Bonchev–Trinajstić information content (AvgIpc) is 2.57. The first-order chi connectivity index (χ1) is 7.15. The zero-order valence-corrected chi connectivity index (χ0v) is 9.78. The van der Waals surface area contributed by atoms with Crippen molar-refractivity contribution in [3.05, 3.63) is 34.4 Å². The van der Waals surface area contributed by atoms with Crippen LogP contribution < -0.4 is 0 Å². The molecule has 0 amide bonds. The van der Waals surface area contributed by atoms with Crippen LogP contribution in [0.1, 0.15) is 17.4 Å². The van der Waals surface area contributed by atoms with Crippen molar-refractivity contribution in [3.63, 3.8) is 0 Å². The summed E-state index contributed by atoms with van der Waals surface area (Å²) in [5.41, 5.74) is 1.28. The minimum atomic E-state index is -0.889. The first-order valence-corrected chi connectivity index (χ1v) is 5.45. The molecule has 2 rings (SSSR count). The first kappa shape index (κ1) is 10.2. The quantitative estimate of drug-likeness (QED) is 0.909. The largest absolute Gasteiger partial charge is 0.477 e. The Morgan fingerprint density at radius 1 is 1.53 bits per heavy atom. The van der Waals surface area contributed by atoms with Crippen LogP contribution in [0.4, 0.5) is 0 Å². The Morgan fingerprint density at radius 2 is 2.27 bits per heavy atom. The maximum atomic E-state index is 11.0. The summed E-state index contributed by atoms with van der Waals surface area (Å²) < 4.78 is 2.72. The summed E-state index contributed by atoms with van der Waals surface area (Å²) in [4.78, 5) is 11.0. The van der Waals surface area contributed by atoms with E-state index in [1.54, 1.807) is 10.6 Å². The fraction of sp³-hybridized carbons (Fsp3) is 0.182. The molecular formula is C11H10BrNO2. The number of carboxylic acids is 1. The molecule has 0 fully saturated rings. The van der Waals surface area contributed by atoms with E-state index >= 15 is 0 Å². The number of fused-ring (bicyclic) bond motifs is 1. The molecule has 15 heavy (non-hydrogen) atoms. The van der Waals surface area contributed by atoms with Crippen molar-refractivity contribution in [1.82, 2.24) is 4.57 Å². The van der Waals surface area contributed by atoms with Gasteiger partial charge in [0.25, 0.3) is 0 Å². The van der Waals surface area contributed by atoms with Crippen LogP contribution in [0, 0.1) is 0 Å². The maximum Gasteiger partial charge on any atom is 0.352 e. The fourth-order valence-electron chi connectivity index (χ4n) is 1.77. The van der Waals surface area contributed by atoms with E-state index in [1.807, 2.05) is 25.1 Å². The second kappa shape index (κ2) is 3.70. The number of aryl methyl sites for hydroxylation is 1. The second-order valence-corrected chi connectivity index (χ2v) is 4.11. The van der Waals surface area contributed by atoms with Gasteiger partial charge in [-0.1, -0.05) is 22.0 Å². The molecule has 3 nitrogen and oxygen atoms in total. The molecule has 0 aliphatic rings. The number of hydrogen-bond acceptors (Lipinski definition) is 1. The summed E-state index contributed by atoms with van der Waals surface area (Å²) in [5.74, 6) is -0.889. The van der Waals surface area contributed by atoms with Crippen molar-refractivity contribution in [1.29, 1.82) is 0 Å². The van der Waals surface area contributed by atoms with Gasteiger partial charge in [0.05, 0.1) is 0 Å². The first-order valence-electron chi connectivity index (χ1n) is 4.66. The summed E-state index contributed by atoms with van der Waals surface area (Å²) in [6.07, 6.45) is 0. The molecule has 2 aromatic rings. The van der Waals surface area contributed by atoms with Gasteiger partial charge in [-0.2, -0.15) is 0 Å². The molecule has 0 radical (unpaired) electrons. The van der Waals surface area contributed by atoms with Gasteiger partial charge >= 0.3 is 5.97 Å². The Labute approximate surface area is 95.5 Å². The molecule has 0 unspecified atom stereocenters. The van der Waals surface area contributed by atoms with Crippen LogP contribution in [0.25, 0.3) is 10.9 Å². The number of hydrogen-bond donors (Lipinski definition) is 1. The van der Waals surface area contributed by atoms with Gasteiger partial charge in [0.15, 0.2) is 0 Å². The standard InChI is InChI=1S/C11H10BrNO2/c1-2-13-9-5-3-4-8(12)7(9)6-10(13)11(14)15/h3-6H,2H2,1H3,(H,14,15). The number of halogens is 1. The molecule has 0 spiro atoms. The Hall–Kier alpha value is -1.29. The molecule has 0 aliphatic heterocycles. The molecule has 78 valence electrons. The topological polar surface area (TPSA) is 42.2 Å². The van der Waals surface area contributed by atoms with Gasteiger partial charge in [-0.05, 0) is 25.1 Å². The number of rotatable bonds is 2. The molecule has 0 saturated heterocycles. The van der Waals surface area contributed by atoms with Crippen LogP contribution in [0.15, 0.2) is 28.7 Å². The molecule has 0 bridgehead atoms. The lowest BCUT2D eigenvalue weighted by molar-refractivity contribution is 0.0686. The number of benzene rings is 1. The highest BCUT2D eigenvalue weighted by molar-refractivity contribution is 9.10. The molecule has 0 saturated carbocycles. The van der Waals surface area contributed by atoms with Crippen LogP contribution in [-0.4, -0.2) is 15.6 Å². The highest BCUT2D eigenvalue weighted by atomic mass is 79.9. The molecule has 1 aromatic heterocycles. The molecule has 0 aliphatic carbocycles. The summed E-state index contributed by atoms with van der Waals surface area (Å²) in [6, 6.07) is 7.44. The third-order valence-electron chi connectivity index (χ3n) is 2.43. The Balaban J connectivity index is 2.84. The predicted molar refractivity (Wildman–Crippen MR) is 62.3 cm³/mol. The van der Waals surface area contributed by atoms with E-state index in [-0.39, 0.29) is 0 Å². The van der Waals surface area contributed by atoms with Crippen molar-refractivity contribution < 1.29 is 9.90 Å². The van der Waals surface area contributed by atoms with E-state index in [1.165, 1.54) is 0 Å². The Morgan fingerprint density at radius 3 is 2.87 bits per heavy atom. The number of carbonyl (C=O) groups is 1. The highest BCUT2D eigenvalue weighted by Crippen LogP contribution is 2.27. The lowest BCUT2D eigenvalue weighted by Crippen LogP contribution is -2.06. The van der Waals surface area contributed by atoms with Gasteiger partial charge in [-0.25, -0.2) is 4.79 Å². The van der Waals surface area contributed by atoms with Crippen LogP contribution >= 0.6 is 15.9 Å². The molecule has 4 heteroatoms. The van der Waals surface area contributed by atoms with Crippen molar-refractivity contribution in [2.75, 3.05) is 0 Å². The summed E-state index contributed by atoms with van der Waals surface area (Å²) in [6.45, 7) is 2.59. The average molecular weight is 268 g/mol. The minimum absolute atomic E-state index is 0.333. The highest BCUT2D eigenvalue weighted by Gasteiger charge is 2.14. The second-order valence-electron chi connectivity index (χ2n) is 3.25. The van der Waals surface area contributed by atoms with Crippen LogP contribution in [0.3, 0.4) is 0 Å². The molecule has 1 N–H and O–H groups in total. The van der Waals surface area contributed by atoms with Crippen molar-refractivity contribution >= 4 is 32.8 Å². The summed E-state index contributed by atoms with van der Waals surface area (Å²) in [7, 11) is 0. The molecule has 1 aromatic carbocycles. The molecular weight excluding hydrogens is 258 g/mol. The van der Waals surface area contributed by atoms with E-state index in [9.17, 15) is 4.79 Å². The summed E-state index contributed by atoms with van der Waals surface area (Å²) >= 11 is 3.42. The van der Waals surface area contributed by atoms with Gasteiger partial charge < -0.3 is 9.67 Å². The van der Waals surface area contributed by atoms with Gasteiger partial charge in [0.2, 0.25) is 0 Å². The monoisotopic (exact) mass is 267 g/mol. The van der Waals surface area contributed by atoms with Crippen LogP contribution in [-0.2, 0) is 6.54 Å². The third kappa shape index (κ3) is 1.55. The van der Waals surface area contributed by atoms with E-state index in [2.05, 4.69) is 15.9 Å². The van der Waals surface area contributed by atoms with Crippen LogP contribution in [0.2, 0.25) is 0 Å². The van der Waals surface area contributed by atoms with Gasteiger partial charge in [-0.3, -0.25) is 0 Å². The summed E-state index contributed by atoms with van der Waals surface area (Å²) in [5, 5.41) is 9.99. The lowest BCUT2D eigenvalue weighted by atomic mass is 10.2. The zero-order valence-electron chi connectivity index (χ0n) is 8.20. The maximum absolute atomic E-state index is 11.0. The Bertz CT molecular complexity index is 531. The van der Waals surface area contributed by atoms with Crippen molar-refractivity contribution in [3.8, 4) is 0 Å². The predicted octanol–water partition coefficient (Wildman–Crippen LogP) is 3.12. The van der Waals surface area contributed by atoms with Crippen LogP contribution in [0.5, 0.6) is 0 Å². The normalized spacial score (nSPS) is 10.8. The van der Waals surface area contributed by atoms with Crippen molar-refractivity contribution in [2.45, 2.75) is 13.5 Å². The molecule has 1 heterocycles. The minimum Gasteiger partial charge on any atom is -0.477 e. The van der Waals surface area contributed by atoms with E-state index in [0.717, 1.165) is 15.4 Å². The molecule has 0 atom stereocenters. The fourth-order valence-corrected chi connectivity index (χ4v) is 2.24. The van der Waals surface area contributed by atoms with Crippen molar-refractivity contribution in [2.24, 2.45) is 0 Å². The van der Waals surface area contributed by atoms with Gasteiger partial charge in [0.1, 0.15) is 5.69 Å². The number of carboxylic acid groups (broad SMARTS) is 1. The van der Waals surface area contributed by atoms with Gasteiger partial charge in [0, 0.05) is 21.9 Å². The Kier molecular flexibility index (Phi) is 2.52. The lowest BCUT2D eigenvalue weighted by Gasteiger charge is -2.03. The third-order valence-corrected chi connectivity index (χ3v) is 3.12. The van der Waals surface area contributed by atoms with E-state index < -0.39 is 5.97 Å². The zero-order chi connectivity index (χ0) is 11.0. The van der Waals surface area contributed by atoms with E-state index in [0.29, 0.717) is 12.2 Å². The number of nitrogens with zero attached hydrogens (tertiary/aromatic N) is 1. The number of aromatic nitrogens is 1. The van der Waals surface area contributed by atoms with Gasteiger partial charge in [-0.15, -0.1) is 0 Å². The number of aromatic carboxylic acids is 1. The SMILES string of the molecule is CCn1c(C(=O)O)cc2c(Br)cccc21. The van der Waals surface area contributed by atoms with E-state index in [4.69, 9.17) is 5.11 Å². The smallest absolute Gasteiger partial charge is 0.352 e.